The normalized spacial score (nSPS) is 12.3. The Morgan fingerprint density at radius 1 is 1.07 bits per heavy atom. The second kappa shape index (κ2) is 10.3. The summed E-state index contributed by atoms with van der Waals surface area (Å²) < 4.78 is 31.5. The molecule has 6 nitrogen and oxygen atoms in total. The number of nitrogens with one attached hydrogen (secondary N) is 1. The van der Waals surface area contributed by atoms with Crippen molar-refractivity contribution in [2.45, 2.75) is 39.7 Å². The molecule has 1 N–H and O–H groups in total. The molecule has 0 saturated heterocycles. The van der Waals surface area contributed by atoms with Crippen molar-refractivity contribution in [2.24, 2.45) is 0 Å². The summed E-state index contributed by atoms with van der Waals surface area (Å²) in [7, 11) is -3.42. The summed E-state index contributed by atoms with van der Waals surface area (Å²) in [5, 5.41) is 2.90. The van der Waals surface area contributed by atoms with Gasteiger partial charge in [0.15, 0.2) is 0 Å². The molecule has 7 heteroatoms. The SMILES string of the molecule is Cc1ccccc1OCC(C)NC(=O)CCCN(c1ccccc1C)S(C)(=O)=O. The Morgan fingerprint density at radius 2 is 1.69 bits per heavy atom. The van der Waals surface area contributed by atoms with Gasteiger partial charge in [-0.1, -0.05) is 36.4 Å². The van der Waals surface area contributed by atoms with E-state index in [4.69, 9.17) is 4.74 Å². The number of aryl methyl sites for hydroxylation is 2. The molecule has 29 heavy (non-hydrogen) atoms. The molecule has 1 amide bonds. The van der Waals surface area contributed by atoms with Crippen molar-refractivity contribution in [1.82, 2.24) is 5.32 Å². The summed E-state index contributed by atoms with van der Waals surface area (Å²) in [5.41, 5.74) is 2.57. The Bertz CT molecular complexity index is 928. The van der Waals surface area contributed by atoms with Gasteiger partial charge < -0.3 is 10.1 Å². The number of carbonyl (C=O) groups is 1. The molecule has 0 heterocycles. The van der Waals surface area contributed by atoms with Crippen LogP contribution in [0.25, 0.3) is 0 Å². The molecule has 0 bridgehead atoms. The topological polar surface area (TPSA) is 75.7 Å². The highest BCUT2D eigenvalue weighted by Crippen LogP contribution is 2.22. The van der Waals surface area contributed by atoms with E-state index in [1.54, 1.807) is 6.07 Å². The monoisotopic (exact) mass is 418 g/mol. The summed E-state index contributed by atoms with van der Waals surface area (Å²) in [4.78, 5) is 12.2. The minimum atomic E-state index is -3.42. The number of hydrogen-bond donors (Lipinski definition) is 1. The van der Waals surface area contributed by atoms with Crippen molar-refractivity contribution in [3.63, 3.8) is 0 Å². The lowest BCUT2D eigenvalue weighted by molar-refractivity contribution is -0.121. The Labute approximate surface area is 173 Å². The Balaban J connectivity index is 1.83. The van der Waals surface area contributed by atoms with Gasteiger partial charge in [0.25, 0.3) is 0 Å². The van der Waals surface area contributed by atoms with Gasteiger partial charge in [-0.05, 0) is 50.5 Å². The number of nitrogens with zero attached hydrogens (tertiary/aromatic N) is 1. The summed E-state index contributed by atoms with van der Waals surface area (Å²) in [5.74, 6) is 0.680. The fourth-order valence-corrected chi connectivity index (χ4v) is 4.04. The first-order valence-corrected chi connectivity index (χ1v) is 11.5. The van der Waals surface area contributed by atoms with E-state index >= 15 is 0 Å². The lowest BCUT2D eigenvalue weighted by Crippen LogP contribution is -2.37. The highest BCUT2D eigenvalue weighted by molar-refractivity contribution is 7.92. The second-order valence-corrected chi connectivity index (χ2v) is 9.18. The van der Waals surface area contributed by atoms with Crippen molar-refractivity contribution < 1.29 is 17.9 Å². The highest BCUT2D eigenvalue weighted by Gasteiger charge is 2.19. The molecule has 2 rings (SSSR count). The zero-order valence-corrected chi connectivity index (χ0v) is 18.3. The maximum Gasteiger partial charge on any atom is 0.232 e. The standard InChI is InChI=1S/C22H30N2O4S/c1-17-10-5-7-12-20(17)24(29(4,26)27)15-9-14-22(25)23-19(3)16-28-21-13-8-6-11-18(21)2/h5-8,10-13,19H,9,14-16H2,1-4H3,(H,23,25). The third-order valence-electron chi connectivity index (χ3n) is 4.54. The molecule has 2 aromatic rings. The summed E-state index contributed by atoms with van der Waals surface area (Å²) >= 11 is 0. The van der Waals surface area contributed by atoms with E-state index in [0.29, 0.717) is 18.7 Å². The smallest absolute Gasteiger partial charge is 0.232 e. The van der Waals surface area contributed by atoms with E-state index in [0.717, 1.165) is 16.9 Å². The lowest BCUT2D eigenvalue weighted by atomic mass is 10.2. The molecule has 158 valence electrons. The van der Waals surface area contributed by atoms with Crippen LogP contribution in [0.5, 0.6) is 5.75 Å². The van der Waals surface area contributed by atoms with Crippen LogP contribution in [-0.2, 0) is 14.8 Å². The van der Waals surface area contributed by atoms with Gasteiger partial charge in [0.2, 0.25) is 15.9 Å². The maximum absolute atomic E-state index is 12.2. The van der Waals surface area contributed by atoms with Gasteiger partial charge in [-0.2, -0.15) is 0 Å². The van der Waals surface area contributed by atoms with Crippen LogP contribution in [0.15, 0.2) is 48.5 Å². The van der Waals surface area contributed by atoms with E-state index in [1.165, 1.54) is 10.6 Å². The first-order valence-electron chi connectivity index (χ1n) is 9.69. The molecule has 0 aliphatic carbocycles. The van der Waals surface area contributed by atoms with Gasteiger partial charge in [0, 0.05) is 13.0 Å². The molecule has 0 aliphatic heterocycles. The molecule has 0 aliphatic rings. The van der Waals surface area contributed by atoms with Gasteiger partial charge in [0.05, 0.1) is 18.0 Å². The molecular weight excluding hydrogens is 388 g/mol. The minimum Gasteiger partial charge on any atom is -0.491 e. The molecule has 2 aromatic carbocycles. The summed E-state index contributed by atoms with van der Waals surface area (Å²) in [6.07, 6.45) is 1.86. The number of carbonyl (C=O) groups excluding carboxylic acids is 1. The third-order valence-corrected chi connectivity index (χ3v) is 5.72. The van der Waals surface area contributed by atoms with Crippen LogP contribution in [-0.4, -0.2) is 39.8 Å². The molecular formula is C22H30N2O4S. The van der Waals surface area contributed by atoms with Crippen LogP contribution < -0.4 is 14.4 Å². The largest absolute Gasteiger partial charge is 0.491 e. The van der Waals surface area contributed by atoms with Gasteiger partial charge >= 0.3 is 0 Å². The first kappa shape index (κ1) is 22.7. The zero-order chi connectivity index (χ0) is 21.4. The van der Waals surface area contributed by atoms with Gasteiger partial charge in [0.1, 0.15) is 12.4 Å². The van der Waals surface area contributed by atoms with E-state index in [9.17, 15) is 13.2 Å². The number of amides is 1. The van der Waals surface area contributed by atoms with E-state index in [2.05, 4.69) is 5.32 Å². The number of para-hydroxylation sites is 2. The number of benzene rings is 2. The Morgan fingerprint density at radius 3 is 2.31 bits per heavy atom. The Kier molecular flexibility index (Phi) is 8.08. The predicted octanol–water partition coefficient (Wildman–Crippen LogP) is 3.43. The predicted molar refractivity (Wildman–Crippen MR) is 117 cm³/mol. The number of anilines is 1. The van der Waals surface area contributed by atoms with E-state index in [1.807, 2.05) is 63.2 Å². The van der Waals surface area contributed by atoms with Crippen LogP contribution in [0.1, 0.15) is 30.9 Å². The first-order chi connectivity index (χ1) is 13.7. The fraction of sp³-hybridized carbons (Fsp3) is 0.409. The van der Waals surface area contributed by atoms with Crippen molar-refractivity contribution >= 4 is 21.6 Å². The Hall–Kier alpha value is -2.54. The van der Waals surface area contributed by atoms with Crippen molar-refractivity contribution in [3.05, 3.63) is 59.7 Å². The van der Waals surface area contributed by atoms with Crippen molar-refractivity contribution in [3.8, 4) is 5.75 Å². The van der Waals surface area contributed by atoms with Crippen LogP contribution in [0.3, 0.4) is 0 Å². The minimum absolute atomic E-state index is 0.121. The van der Waals surface area contributed by atoms with Gasteiger partial charge in [-0.25, -0.2) is 8.42 Å². The molecule has 1 unspecified atom stereocenters. The molecule has 0 spiro atoms. The zero-order valence-electron chi connectivity index (χ0n) is 17.5. The molecule has 1 atom stereocenters. The van der Waals surface area contributed by atoms with Crippen LogP contribution in [0, 0.1) is 13.8 Å². The van der Waals surface area contributed by atoms with Gasteiger partial charge in [-0.3, -0.25) is 9.10 Å². The van der Waals surface area contributed by atoms with Crippen LogP contribution >= 0.6 is 0 Å². The average Bonchev–Trinajstić information content (AvgIpc) is 2.64. The average molecular weight is 419 g/mol. The number of hydrogen-bond acceptors (Lipinski definition) is 4. The van der Waals surface area contributed by atoms with Crippen molar-refractivity contribution in [2.75, 3.05) is 23.7 Å². The lowest BCUT2D eigenvalue weighted by Gasteiger charge is -2.24. The number of rotatable bonds is 10. The summed E-state index contributed by atoms with van der Waals surface area (Å²) in [6.45, 7) is 6.35. The molecule has 0 saturated carbocycles. The molecule has 0 fully saturated rings. The third kappa shape index (κ3) is 7.09. The van der Waals surface area contributed by atoms with Crippen LogP contribution in [0.2, 0.25) is 0 Å². The molecule has 0 radical (unpaired) electrons. The maximum atomic E-state index is 12.2. The van der Waals surface area contributed by atoms with Crippen molar-refractivity contribution in [1.29, 1.82) is 0 Å². The fourth-order valence-electron chi connectivity index (χ4n) is 3.01. The number of ether oxygens (including phenoxy) is 1. The molecule has 0 aromatic heterocycles. The highest BCUT2D eigenvalue weighted by atomic mass is 32.2. The van der Waals surface area contributed by atoms with Gasteiger partial charge in [-0.15, -0.1) is 0 Å². The number of sulfonamides is 1. The van der Waals surface area contributed by atoms with E-state index in [-0.39, 0.29) is 24.9 Å². The van der Waals surface area contributed by atoms with Crippen LogP contribution in [0.4, 0.5) is 5.69 Å². The van der Waals surface area contributed by atoms with E-state index < -0.39 is 10.0 Å². The summed E-state index contributed by atoms with van der Waals surface area (Å²) in [6, 6.07) is 14.9. The second-order valence-electron chi connectivity index (χ2n) is 7.27. The quantitative estimate of drug-likeness (QED) is 0.641.